The van der Waals surface area contributed by atoms with E-state index in [1.807, 2.05) is 0 Å². The smallest absolute Gasteiger partial charge is 0.383 e. The number of hydrogen-bond donors (Lipinski definition) is 2. The normalized spacial score (nSPS) is 12.8. The Morgan fingerprint density at radius 2 is 1.61 bits per heavy atom. The van der Waals surface area contributed by atoms with Crippen molar-refractivity contribution in [1.82, 2.24) is 4.98 Å². The summed E-state index contributed by atoms with van der Waals surface area (Å²) < 4.78 is 76.1. The Labute approximate surface area is 129 Å². The number of hydrogen-bond acceptors (Lipinski definition) is 5. The number of halogens is 6. The van der Waals surface area contributed by atoms with Gasteiger partial charge in [-0.25, -0.2) is 4.98 Å². The van der Waals surface area contributed by atoms with Gasteiger partial charge in [0, 0.05) is 5.38 Å². The molecular formula is C12H8F6N4S. The van der Waals surface area contributed by atoms with Gasteiger partial charge in [0.05, 0.1) is 17.3 Å². The molecule has 0 aliphatic rings. The van der Waals surface area contributed by atoms with Gasteiger partial charge in [0.2, 0.25) is 5.13 Å². The van der Waals surface area contributed by atoms with Gasteiger partial charge in [-0.15, -0.1) is 11.3 Å². The molecule has 4 nitrogen and oxygen atoms in total. The van der Waals surface area contributed by atoms with Crippen molar-refractivity contribution >= 4 is 28.5 Å². The Kier molecular flexibility index (Phi) is 4.50. The number of anilines is 2. The van der Waals surface area contributed by atoms with E-state index in [4.69, 9.17) is 5.73 Å². The lowest BCUT2D eigenvalue weighted by molar-refractivity contribution is -0.143. The van der Waals surface area contributed by atoms with Crippen LogP contribution in [0, 0.1) is 0 Å². The lowest BCUT2D eigenvalue weighted by Crippen LogP contribution is -2.11. The zero-order valence-corrected chi connectivity index (χ0v) is 11.9. The number of thiazole rings is 1. The second kappa shape index (κ2) is 6.07. The summed E-state index contributed by atoms with van der Waals surface area (Å²) in [6.07, 6.45) is -8.97. The molecule has 0 saturated heterocycles. The summed E-state index contributed by atoms with van der Waals surface area (Å²) in [6, 6.07) is 1.18. The van der Waals surface area contributed by atoms with Crippen LogP contribution in [0.25, 0.3) is 0 Å². The summed E-state index contributed by atoms with van der Waals surface area (Å²) in [4.78, 5) is 3.77. The zero-order valence-electron chi connectivity index (χ0n) is 11.0. The largest absolute Gasteiger partial charge is 0.416 e. The van der Waals surface area contributed by atoms with E-state index in [1.165, 1.54) is 5.38 Å². The third-order valence-electron chi connectivity index (χ3n) is 2.51. The summed E-state index contributed by atoms with van der Waals surface area (Å²) in [7, 11) is 0. The third-order valence-corrected chi connectivity index (χ3v) is 3.27. The monoisotopic (exact) mass is 354 g/mol. The van der Waals surface area contributed by atoms with E-state index in [9.17, 15) is 26.3 Å². The van der Waals surface area contributed by atoms with E-state index < -0.39 is 23.5 Å². The molecule has 0 saturated carbocycles. The summed E-state index contributed by atoms with van der Waals surface area (Å²) in [5, 5.41) is 5.30. The number of aromatic nitrogens is 1. The summed E-state index contributed by atoms with van der Waals surface area (Å²) in [5.74, 6) is 0.214. The molecule has 1 aromatic carbocycles. The van der Waals surface area contributed by atoms with Gasteiger partial charge in [-0.05, 0) is 23.8 Å². The fraction of sp³-hybridized carbons (Fsp3) is 0.167. The van der Waals surface area contributed by atoms with Crippen LogP contribution in [-0.4, -0.2) is 11.2 Å². The average molecular weight is 354 g/mol. The van der Waals surface area contributed by atoms with E-state index in [0.717, 1.165) is 17.6 Å². The second-order valence-electron chi connectivity index (χ2n) is 4.29. The van der Waals surface area contributed by atoms with E-state index >= 15 is 0 Å². The maximum absolute atomic E-state index is 12.7. The lowest BCUT2D eigenvalue weighted by atomic mass is 10.1. The van der Waals surface area contributed by atoms with E-state index in [1.54, 1.807) is 0 Å². The van der Waals surface area contributed by atoms with Gasteiger partial charge in [-0.3, -0.25) is 5.43 Å². The van der Waals surface area contributed by atoms with Crippen molar-refractivity contribution in [2.24, 2.45) is 5.10 Å². The van der Waals surface area contributed by atoms with Gasteiger partial charge in [0.15, 0.2) is 0 Å². The maximum Gasteiger partial charge on any atom is 0.416 e. The molecule has 0 bridgehead atoms. The number of alkyl halides is 6. The van der Waals surface area contributed by atoms with Crippen molar-refractivity contribution in [3.8, 4) is 0 Å². The molecule has 0 aliphatic carbocycles. The van der Waals surface area contributed by atoms with Crippen molar-refractivity contribution in [3.05, 3.63) is 40.3 Å². The highest BCUT2D eigenvalue weighted by molar-refractivity contribution is 7.14. The minimum absolute atomic E-state index is 0.0479. The van der Waals surface area contributed by atoms with Crippen molar-refractivity contribution < 1.29 is 26.3 Å². The maximum atomic E-state index is 12.7. The highest BCUT2D eigenvalue weighted by Crippen LogP contribution is 2.36. The molecule has 3 N–H and O–H groups in total. The summed E-state index contributed by atoms with van der Waals surface area (Å²) in [5.41, 5.74) is 4.54. The summed E-state index contributed by atoms with van der Waals surface area (Å²) in [6.45, 7) is 0. The van der Waals surface area contributed by atoms with Crippen LogP contribution in [0.1, 0.15) is 16.7 Å². The van der Waals surface area contributed by atoms with Crippen molar-refractivity contribution in [1.29, 1.82) is 0 Å². The van der Waals surface area contributed by atoms with Crippen LogP contribution in [0.3, 0.4) is 0 Å². The van der Waals surface area contributed by atoms with Gasteiger partial charge in [0.25, 0.3) is 0 Å². The SMILES string of the molecule is Nc1csc(NN=Cc2cc(C(F)(F)F)cc(C(F)(F)F)c2)n1. The molecule has 0 atom stereocenters. The van der Waals surface area contributed by atoms with Crippen LogP contribution in [0.4, 0.5) is 37.3 Å². The first-order chi connectivity index (χ1) is 10.6. The van der Waals surface area contributed by atoms with Crippen molar-refractivity contribution in [3.63, 3.8) is 0 Å². The third kappa shape index (κ3) is 4.58. The Bertz CT molecular complexity index is 687. The molecule has 124 valence electrons. The first-order valence-corrected chi connectivity index (χ1v) is 6.73. The zero-order chi connectivity index (χ0) is 17.3. The number of nitrogens with zero attached hydrogens (tertiary/aromatic N) is 2. The van der Waals surface area contributed by atoms with Gasteiger partial charge < -0.3 is 5.73 Å². The van der Waals surface area contributed by atoms with Gasteiger partial charge >= 0.3 is 12.4 Å². The Morgan fingerprint density at radius 3 is 2.04 bits per heavy atom. The van der Waals surface area contributed by atoms with Crippen LogP contribution < -0.4 is 11.2 Å². The van der Waals surface area contributed by atoms with Crippen LogP contribution in [0.5, 0.6) is 0 Å². The average Bonchev–Trinajstić information content (AvgIpc) is 2.82. The van der Waals surface area contributed by atoms with Crippen molar-refractivity contribution in [2.45, 2.75) is 12.4 Å². The molecule has 0 fully saturated rings. The van der Waals surface area contributed by atoms with Crippen molar-refractivity contribution in [2.75, 3.05) is 11.2 Å². The highest BCUT2D eigenvalue weighted by atomic mass is 32.1. The topological polar surface area (TPSA) is 63.3 Å². The minimum atomic E-state index is -4.90. The van der Waals surface area contributed by atoms with E-state index in [2.05, 4.69) is 15.5 Å². The number of hydrazone groups is 1. The number of benzene rings is 1. The molecule has 2 aromatic rings. The fourth-order valence-electron chi connectivity index (χ4n) is 1.55. The molecule has 0 amide bonds. The van der Waals surface area contributed by atoms with Crippen LogP contribution >= 0.6 is 11.3 Å². The van der Waals surface area contributed by atoms with Crippen LogP contribution in [0.15, 0.2) is 28.7 Å². The molecule has 11 heteroatoms. The Hall–Kier alpha value is -2.30. The predicted octanol–water partition coefficient (Wildman–Crippen LogP) is 4.21. The van der Waals surface area contributed by atoms with Crippen LogP contribution in [0.2, 0.25) is 0 Å². The number of nitrogens with two attached hydrogens (primary N) is 1. The summed E-state index contributed by atoms with van der Waals surface area (Å²) >= 11 is 1.08. The number of nitrogens with one attached hydrogen (secondary N) is 1. The molecule has 23 heavy (non-hydrogen) atoms. The molecule has 0 spiro atoms. The van der Waals surface area contributed by atoms with Gasteiger partial charge in [0.1, 0.15) is 5.82 Å². The standard InChI is InChI=1S/C12H8F6N4S/c13-11(14,15)7-1-6(2-8(3-7)12(16,17)18)4-20-22-10-21-9(19)5-23-10/h1-5H,19H2,(H,21,22). The second-order valence-corrected chi connectivity index (χ2v) is 5.14. The molecule has 1 aromatic heterocycles. The van der Waals surface area contributed by atoms with Crippen LogP contribution in [-0.2, 0) is 12.4 Å². The first-order valence-electron chi connectivity index (χ1n) is 5.85. The highest BCUT2D eigenvalue weighted by Gasteiger charge is 2.36. The van der Waals surface area contributed by atoms with E-state index in [-0.39, 0.29) is 22.6 Å². The van der Waals surface area contributed by atoms with Gasteiger partial charge in [-0.1, -0.05) is 0 Å². The fourth-order valence-corrected chi connectivity index (χ4v) is 2.10. The molecule has 2 rings (SSSR count). The van der Waals surface area contributed by atoms with Gasteiger partial charge in [-0.2, -0.15) is 31.4 Å². The minimum Gasteiger partial charge on any atom is -0.383 e. The Morgan fingerprint density at radius 1 is 1.04 bits per heavy atom. The Balaban J connectivity index is 2.29. The predicted molar refractivity (Wildman–Crippen MR) is 74.2 cm³/mol. The molecular weight excluding hydrogens is 346 g/mol. The molecule has 0 unspecified atom stereocenters. The quantitative estimate of drug-likeness (QED) is 0.493. The number of nitrogen functional groups attached to an aromatic ring is 1. The molecule has 1 heterocycles. The lowest BCUT2D eigenvalue weighted by Gasteiger charge is -2.12. The first kappa shape index (κ1) is 17.1. The number of rotatable bonds is 3. The molecule has 0 aliphatic heterocycles. The molecule has 0 radical (unpaired) electrons. The van der Waals surface area contributed by atoms with E-state index in [0.29, 0.717) is 12.1 Å².